The number of rotatable bonds is 4. The van der Waals surface area contributed by atoms with Gasteiger partial charge in [0.15, 0.2) is 0 Å². The zero-order chi connectivity index (χ0) is 22.5. The maximum Gasteiger partial charge on any atom is 0.303 e. The van der Waals surface area contributed by atoms with Crippen molar-refractivity contribution in [1.82, 2.24) is 10.2 Å². The lowest BCUT2D eigenvalue weighted by atomic mass is 9.91. The monoisotopic (exact) mass is 424 g/mol. The van der Waals surface area contributed by atoms with E-state index < -0.39 is 24.1 Å². The van der Waals surface area contributed by atoms with E-state index >= 15 is 0 Å². The molecule has 0 aliphatic carbocycles. The number of carbonyl (C=O) groups excluding carboxylic acids is 4. The van der Waals surface area contributed by atoms with Crippen LogP contribution in [0.1, 0.15) is 37.1 Å². The number of esters is 2. The number of nitrogens with zero attached hydrogens (tertiary/aromatic N) is 1. The molecule has 8 heteroatoms. The second-order valence-corrected chi connectivity index (χ2v) is 7.26. The van der Waals surface area contributed by atoms with Gasteiger partial charge in [-0.1, -0.05) is 60.7 Å². The van der Waals surface area contributed by atoms with Crippen LogP contribution >= 0.6 is 0 Å². The Morgan fingerprint density at radius 3 is 1.77 bits per heavy atom. The number of nitrogens with one attached hydrogen (secondary N) is 1. The summed E-state index contributed by atoms with van der Waals surface area (Å²) in [4.78, 5) is 45.9. The number of β-lactam (4-membered cyclic amide) rings is 2. The van der Waals surface area contributed by atoms with Crippen LogP contribution in [0.3, 0.4) is 0 Å². The van der Waals surface area contributed by atoms with E-state index in [4.69, 9.17) is 9.47 Å². The Morgan fingerprint density at radius 1 is 0.806 bits per heavy atom. The molecule has 0 spiro atoms. The first-order chi connectivity index (χ1) is 14.8. The minimum Gasteiger partial charge on any atom is -0.450 e. The van der Waals surface area contributed by atoms with Crippen LogP contribution in [0.5, 0.6) is 0 Å². The largest absolute Gasteiger partial charge is 0.450 e. The summed E-state index contributed by atoms with van der Waals surface area (Å²) in [5, 5.41) is 2.70. The van der Waals surface area contributed by atoms with Crippen molar-refractivity contribution in [2.24, 2.45) is 0 Å². The molecule has 0 unspecified atom stereocenters. The Bertz CT molecular complexity index is 963. The molecule has 2 aromatic carbocycles. The van der Waals surface area contributed by atoms with E-state index in [9.17, 15) is 19.2 Å². The van der Waals surface area contributed by atoms with Crippen LogP contribution in [-0.2, 0) is 28.7 Å². The van der Waals surface area contributed by atoms with E-state index in [0.29, 0.717) is 0 Å². The molecule has 2 fully saturated rings. The molecule has 2 aromatic rings. The molecule has 4 atom stereocenters. The Labute approximate surface area is 180 Å². The first-order valence-electron chi connectivity index (χ1n) is 9.81. The molecule has 4 rings (SSSR count). The van der Waals surface area contributed by atoms with Crippen molar-refractivity contribution in [3.8, 4) is 0 Å². The predicted octanol–water partition coefficient (Wildman–Crippen LogP) is 1.92. The third-order valence-corrected chi connectivity index (χ3v) is 5.04. The average Bonchev–Trinajstić information content (AvgIpc) is 2.76. The summed E-state index contributed by atoms with van der Waals surface area (Å²) >= 11 is 0. The highest BCUT2D eigenvalue weighted by Crippen LogP contribution is 2.35. The summed E-state index contributed by atoms with van der Waals surface area (Å²) < 4.78 is 9.92. The minimum absolute atomic E-state index is 0.149. The van der Waals surface area contributed by atoms with E-state index in [2.05, 4.69) is 5.32 Å². The van der Waals surface area contributed by atoms with Gasteiger partial charge in [-0.15, -0.1) is 0 Å². The van der Waals surface area contributed by atoms with E-state index in [1.54, 1.807) is 11.9 Å². The first-order valence-corrected chi connectivity index (χ1v) is 9.81. The van der Waals surface area contributed by atoms with Gasteiger partial charge in [0.1, 0.15) is 12.1 Å². The fourth-order valence-electron chi connectivity index (χ4n) is 3.52. The average molecular weight is 424 g/mol. The molecular weight excluding hydrogens is 400 g/mol. The molecule has 8 nitrogen and oxygen atoms in total. The Morgan fingerprint density at radius 2 is 1.29 bits per heavy atom. The standard InChI is InChI=1S/C12H13NO3.C11H11NO3/c1-8(14)16-11-10(13(2)12(11)15)9-6-4-3-5-7-9;1-7(13)15-10-9(12-11(10)14)8-5-3-2-4-6-8/h3-7,10-11H,1-2H3;2-6,9-10H,1H3,(H,12,14)/t10-,11+;9-,10+/m00/s1. The number of amides is 2. The lowest BCUT2D eigenvalue weighted by molar-refractivity contribution is -0.180. The van der Waals surface area contributed by atoms with Crippen molar-refractivity contribution in [3.63, 3.8) is 0 Å². The molecular formula is C23H24N2O6. The first kappa shape index (κ1) is 22.0. The van der Waals surface area contributed by atoms with Crippen molar-refractivity contribution in [3.05, 3.63) is 71.8 Å². The lowest BCUT2D eigenvalue weighted by Gasteiger charge is -2.43. The van der Waals surface area contributed by atoms with Gasteiger partial charge in [-0.25, -0.2) is 0 Å². The number of hydrogen-bond donors (Lipinski definition) is 1. The van der Waals surface area contributed by atoms with Gasteiger partial charge in [0.2, 0.25) is 12.2 Å². The van der Waals surface area contributed by atoms with Crippen molar-refractivity contribution in [2.75, 3.05) is 7.05 Å². The maximum atomic E-state index is 11.5. The quantitative estimate of drug-likeness (QED) is 0.594. The number of ether oxygens (including phenoxy) is 2. The molecule has 31 heavy (non-hydrogen) atoms. The zero-order valence-electron chi connectivity index (χ0n) is 17.5. The summed E-state index contributed by atoms with van der Waals surface area (Å²) in [6.07, 6.45) is -1.34. The second-order valence-electron chi connectivity index (χ2n) is 7.26. The molecule has 0 radical (unpaired) electrons. The molecule has 2 saturated heterocycles. The van der Waals surface area contributed by atoms with E-state index in [0.717, 1.165) is 11.1 Å². The lowest BCUT2D eigenvalue weighted by Crippen LogP contribution is -2.58. The second kappa shape index (κ2) is 9.42. The minimum atomic E-state index is -0.676. The van der Waals surface area contributed by atoms with Crippen molar-refractivity contribution < 1.29 is 28.7 Å². The van der Waals surface area contributed by atoms with Gasteiger partial charge < -0.3 is 19.7 Å². The molecule has 162 valence electrons. The number of likely N-dealkylation sites (tertiary alicyclic amines) is 1. The number of benzene rings is 2. The Hall–Kier alpha value is -3.68. The van der Waals surface area contributed by atoms with Crippen molar-refractivity contribution in [1.29, 1.82) is 0 Å². The topological polar surface area (TPSA) is 102 Å². The predicted molar refractivity (Wildman–Crippen MR) is 110 cm³/mol. The zero-order valence-corrected chi connectivity index (χ0v) is 17.5. The van der Waals surface area contributed by atoms with Gasteiger partial charge in [-0.05, 0) is 11.1 Å². The van der Waals surface area contributed by atoms with Crippen molar-refractivity contribution in [2.45, 2.75) is 38.1 Å². The Kier molecular flexibility index (Phi) is 6.69. The SMILES string of the molecule is CC(=O)O[C@H]1C(=O)N(C)[C@H]1c1ccccc1.CC(=O)O[C@H]1C(=O)N[C@H]1c1ccccc1. The Balaban J connectivity index is 0.000000176. The fourth-order valence-corrected chi connectivity index (χ4v) is 3.52. The number of hydrogen-bond acceptors (Lipinski definition) is 6. The number of carbonyl (C=O) groups is 4. The highest BCUT2D eigenvalue weighted by atomic mass is 16.6. The van der Waals surface area contributed by atoms with Gasteiger partial charge in [0, 0.05) is 20.9 Å². The molecule has 2 amide bonds. The van der Waals surface area contributed by atoms with Gasteiger partial charge in [0.25, 0.3) is 11.8 Å². The molecule has 0 bridgehead atoms. The summed E-state index contributed by atoms with van der Waals surface area (Å²) in [5.74, 6) is -1.24. The molecule has 0 saturated carbocycles. The fraction of sp³-hybridized carbons (Fsp3) is 0.304. The van der Waals surface area contributed by atoms with E-state index in [1.165, 1.54) is 13.8 Å². The van der Waals surface area contributed by atoms with Crippen LogP contribution < -0.4 is 5.32 Å². The molecule has 0 aromatic heterocycles. The maximum absolute atomic E-state index is 11.5. The highest BCUT2D eigenvalue weighted by molar-refractivity contribution is 5.91. The summed E-state index contributed by atoms with van der Waals surface area (Å²) in [7, 11) is 1.71. The summed E-state index contributed by atoms with van der Waals surface area (Å²) in [6, 6.07) is 18.6. The van der Waals surface area contributed by atoms with Crippen LogP contribution in [0, 0.1) is 0 Å². The third kappa shape index (κ3) is 4.91. The molecule has 2 aliphatic rings. The summed E-state index contributed by atoms with van der Waals surface area (Å²) in [5.41, 5.74) is 1.93. The highest BCUT2D eigenvalue weighted by Gasteiger charge is 2.48. The van der Waals surface area contributed by atoms with Crippen LogP contribution in [0.15, 0.2) is 60.7 Å². The van der Waals surface area contributed by atoms with Crippen LogP contribution in [0.4, 0.5) is 0 Å². The van der Waals surface area contributed by atoms with Crippen LogP contribution in [-0.4, -0.2) is 47.9 Å². The van der Waals surface area contributed by atoms with Gasteiger partial charge >= 0.3 is 11.9 Å². The smallest absolute Gasteiger partial charge is 0.303 e. The van der Waals surface area contributed by atoms with Crippen LogP contribution in [0.2, 0.25) is 0 Å². The third-order valence-electron chi connectivity index (χ3n) is 5.04. The molecule has 2 heterocycles. The van der Waals surface area contributed by atoms with Gasteiger partial charge in [-0.3, -0.25) is 19.2 Å². The molecule has 2 aliphatic heterocycles. The summed E-state index contributed by atoms with van der Waals surface area (Å²) in [6.45, 7) is 2.61. The normalized spacial score (nSPS) is 23.9. The number of likely N-dealkylation sites (N-methyl/N-ethyl adjacent to an activating group) is 1. The van der Waals surface area contributed by atoms with E-state index in [-0.39, 0.29) is 23.9 Å². The van der Waals surface area contributed by atoms with Crippen LogP contribution in [0.25, 0.3) is 0 Å². The van der Waals surface area contributed by atoms with Gasteiger partial charge in [-0.2, -0.15) is 0 Å². The van der Waals surface area contributed by atoms with Gasteiger partial charge in [0.05, 0.1) is 0 Å². The van der Waals surface area contributed by atoms with Crippen molar-refractivity contribution >= 4 is 23.8 Å². The molecule has 1 N–H and O–H groups in total. The van der Waals surface area contributed by atoms with E-state index in [1.807, 2.05) is 60.7 Å².